The SMILES string of the molecule is O=C(NCc1ccccc1-c1ccc(C2OC(CSc3cccc[n+]3[O-])CC(c3ccc(CO)cc3)O2)cc1)c1cnc2ccccc2n1. The molecule has 6 aromatic rings. The molecule has 1 aliphatic rings. The summed E-state index contributed by atoms with van der Waals surface area (Å²) in [6.07, 6.45) is 2.58. The molecule has 4 aromatic carbocycles. The number of aromatic nitrogens is 3. The number of carbonyl (C=O) groups is 1. The minimum atomic E-state index is -0.622. The second-order valence-electron chi connectivity index (χ2n) is 11.7. The van der Waals surface area contributed by atoms with E-state index in [-0.39, 0.29) is 30.4 Å². The summed E-state index contributed by atoms with van der Waals surface area (Å²) in [6, 6.07) is 36.6. The van der Waals surface area contributed by atoms with E-state index in [2.05, 4.69) is 15.3 Å². The number of hydrogen-bond donors (Lipinski definition) is 2. The van der Waals surface area contributed by atoms with E-state index in [0.717, 1.165) is 43.6 Å². The zero-order valence-corrected chi connectivity index (χ0v) is 27.3. The molecule has 0 spiro atoms. The quantitative estimate of drug-likeness (QED) is 0.0940. The van der Waals surface area contributed by atoms with Gasteiger partial charge in [-0.05, 0) is 46.0 Å². The topological polar surface area (TPSA) is 121 Å². The van der Waals surface area contributed by atoms with Crippen LogP contribution in [0.2, 0.25) is 0 Å². The van der Waals surface area contributed by atoms with Crippen molar-refractivity contribution in [1.82, 2.24) is 15.3 Å². The van der Waals surface area contributed by atoms with Crippen molar-refractivity contribution in [3.63, 3.8) is 0 Å². The maximum Gasteiger partial charge on any atom is 0.271 e. The zero-order valence-electron chi connectivity index (χ0n) is 26.5. The molecule has 49 heavy (non-hydrogen) atoms. The normalized spacial score (nSPS) is 17.5. The lowest BCUT2D eigenvalue weighted by Gasteiger charge is -2.36. The molecule has 7 rings (SSSR count). The molecule has 1 saturated heterocycles. The standard InChI is InChI=1S/C39H34N4O5S/c44-24-26-12-14-28(15-13-26)36-21-31(25-49-37-11-5-6-20-43(37)46)47-39(48-36)29-18-16-27(17-19-29)32-8-2-1-7-30(32)22-41-38(45)35-23-40-33-9-3-4-10-34(33)42-35/h1-20,23,31,36,39,44H,21-22,24-25H2,(H,41,45). The van der Waals surface area contributed by atoms with Crippen LogP contribution in [0.5, 0.6) is 0 Å². The number of nitrogens with one attached hydrogen (secondary N) is 1. The van der Waals surface area contributed by atoms with Crippen LogP contribution in [-0.4, -0.2) is 32.8 Å². The van der Waals surface area contributed by atoms with E-state index in [1.54, 1.807) is 12.1 Å². The summed E-state index contributed by atoms with van der Waals surface area (Å²) < 4.78 is 13.9. The van der Waals surface area contributed by atoms with Gasteiger partial charge >= 0.3 is 0 Å². The molecule has 0 bridgehead atoms. The van der Waals surface area contributed by atoms with Crippen molar-refractivity contribution >= 4 is 28.7 Å². The van der Waals surface area contributed by atoms with Crippen molar-refractivity contribution < 1.29 is 24.1 Å². The molecule has 1 aliphatic heterocycles. The molecule has 1 amide bonds. The van der Waals surface area contributed by atoms with Gasteiger partial charge in [-0.2, -0.15) is 4.73 Å². The largest absolute Gasteiger partial charge is 0.618 e. The molecular weight excluding hydrogens is 637 g/mol. The first kappa shape index (κ1) is 32.4. The minimum absolute atomic E-state index is 0.0237. The van der Waals surface area contributed by atoms with Crippen molar-refractivity contribution in [3.8, 4) is 11.1 Å². The van der Waals surface area contributed by atoms with E-state index in [4.69, 9.17) is 9.47 Å². The Morgan fingerprint density at radius 2 is 1.61 bits per heavy atom. The van der Waals surface area contributed by atoms with E-state index >= 15 is 0 Å². The Bertz CT molecular complexity index is 2060. The first-order valence-electron chi connectivity index (χ1n) is 16.0. The van der Waals surface area contributed by atoms with Gasteiger partial charge in [-0.1, -0.05) is 96.7 Å². The number of para-hydroxylation sites is 2. The predicted molar refractivity (Wildman–Crippen MR) is 187 cm³/mol. The number of carbonyl (C=O) groups excluding carboxylic acids is 1. The van der Waals surface area contributed by atoms with Crippen LogP contribution in [0.15, 0.2) is 133 Å². The van der Waals surface area contributed by atoms with Crippen molar-refractivity contribution in [1.29, 1.82) is 0 Å². The molecule has 246 valence electrons. The molecule has 1 fully saturated rings. The van der Waals surface area contributed by atoms with Crippen LogP contribution in [0.4, 0.5) is 0 Å². The summed E-state index contributed by atoms with van der Waals surface area (Å²) in [5, 5.41) is 25.4. The lowest BCUT2D eigenvalue weighted by molar-refractivity contribution is -0.645. The van der Waals surface area contributed by atoms with Gasteiger partial charge in [-0.3, -0.25) is 9.78 Å². The smallest absolute Gasteiger partial charge is 0.271 e. The van der Waals surface area contributed by atoms with E-state index in [1.165, 1.54) is 24.2 Å². The summed E-state index contributed by atoms with van der Waals surface area (Å²) in [4.78, 5) is 21.8. The minimum Gasteiger partial charge on any atom is -0.618 e. The number of rotatable bonds is 10. The molecule has 2 aromatic heterocycles. The van der Waals surface area contributed by atoms with Gasteiger partial charge in [-0.15, -0.1) is 0 Å². The lowest BCUT2D eigenvalue weighted by Crippen LogP contribution is -2.32. The third kappa shape index (κ3) is 7.63. The Balaban J connectivity index is 1.07. The number of ether oxygens (including phenoxy) is 2. The van der Waals surface area contributed by atoms with Gasteiger partial charge < -0.3 is 25.1 Å². The summed E-state index contributed by atoms with van der Waals surface area (Å²) in [5.74, 6) is 0.292. The van der Waals surface area contributed by atoms with Crippen LogP contribution in [0.25, 0.3) is 22.2 Å². The highest BCUT2D eigenvalue weighted by atomic mass is 32.2. The lowest BCUT2D eigenvalue weighted by atomic mass is 9.97. The average molecular weight is 671 g/mol. The third-order valence-electron chi connectivity index (χ3n) is 8.45. The number of hydrogen-bond acceptors (Lipinski definition) is 8. The Kier molecular flexibility index (Phi) is 9.90. The van der Waals surface area contributed by atoms with Crippen molar-refractivity contribution in [2.24, 2.45) is 0 Å². The fraction of sp³-hybridized carbons (Fsp3) is 0.179. The molecule has 0 saturated carbocycles. The number of fused-ring (bicyclic) bond motifs is 1. The number of thioether (sulfide) groups is 1. The van der Waals surface area contributed by atoms with E-state index in [9.17, 15) is 15.1 Å². The number of pyridine rings is 1. The predicted octanol–water partition coefficient (Wildman–Crippen LogP) is 6.69. The van der Waals surface area contributed by atoms with Crippen LogP contribution in [0, 0.1) is 5.21 Å². The number of aliphatic hydroxyl groups excluding tert-OH is 1. The second kappa shape index (κ2) is 15.0. The van der Waals surface area contributed by atoms with Gasteiger partial charge in [0.15, 0.2) is 12.5 Å². The maximum absolute atomic E-state index is 13.0. The summed E-state index contributed by atoms with van der Waals surface area (Å²) in [6.45, 7) is 0.297. The molecule has 3 atom stereocenters. The van der Waals surface area contributed by atoms with Crippen molar-refractivity contribution in [2.45, 2.75) is 43.1 Å². The highest BCUT2D eigenvalue weighted by Crippen LogP contribution is 2.40. The van der Waals surface area contributed by atoms with Gasteiger partial charge in [0, 0.05) is 36.4 Å². The van der Waals surface area contributed by atoms with Crippen LogP contribution >= 0.6 is 11.8 Å². The summed E-state index contributed by atoms with van der Waals surface area (Å²) >= 11 is 1.46. The van der Waals surface area contributed by atoms with Gasteiger partial charge in [0.1, 0.15) is 5.69 Å². The highest BCUT2D eigenvalue weighted by molar-refractivity contribution is 7.99. The second-order valence-corrected chi connectivity index (χ2v) is 12.8. The van der Waals surface area contributed by atoms with Gasteiger partial charge in [0.25, 0.3) is 10.9 Å². The Morgan fingerprint density at radius 3 is 2.41 bits per heavy atom. The fourth-order valence-corrected chi connectivity index (χ4v) is 6.77. The Labute approximate surface area is 288 Å². The molecule has 3 unspecified atom stereocenters. The van der Waals surface area contributed by atoms with Gasteiger partial charge in [-0.25, -0.2) is 4.98 Å². The van der Waals surface area contributed by atoms with Crippen LogP contribution < -0.4 is 10.0 Å². The maximum atomic E-state index is 13.0. The average Bonchev–Trinajstić information content (AvgIpc) is 3.16. The van der Waals surface area contributed by atoms with Crippen LogP contribution in [0.1, 0.15) is 51.6 Å². The number of aliphatic hydroxyl groups is 1. The number of nitrogens with zero attached hydrogens (tertiary/aromatic N) is 3. The monoisotopic (exact) mass is 670 g/mol. The fourth-order valence-electron chi connectivity index (χ4n) is 5.83. The van der Waals surface area contributed by atoms with Crippen molar-refractivity contribution in [3.05, 3.63) is 161 Å². The zero-order chi connectivity index (χ0) is 33.6. The number of amides is 1. The molecule has 10 heteroatoms. The summed E-state index contributed by atoms with van der Waals surface area (Å²) in [5.41, 5.74) is 7.33. The number of benzene rings is 4. The van der Waals surface area contributed by atoms with Gasteiger partial charge in [0.05, 0.1) is 36.0 Å². The highest BCUT2D eigenvalue weighted by Gasteiger charge is 2.32. The van der Waals surface area contributed by atoms with E-state index < -0.39 is 6.29 Å². The third-order valence-corrected chi connectivity index (χ3v) is 9.60. The van der Waals surface area contributed by atoms with Crippen LogP contribution in [0.3, 0.4) is 0 Å². The first-order valence-corrected chi connectivity index (χ1v) is 17.0. The Hall–Kier alpha value is -5.13. The molecule has 2 N–H and O–H groups in total. The molecule has 0 aliphatic carbocycles. The van der Waals surface area contributed by atoms with Gasteiger partial charge in [0.2, 0.25) is 0 Å². The first-order chi connectivity index (χ1) is 24.0. The molecule has 9 nitrogen and oxygen atoms in total. The van der Waals surface area contributed by atoms with Crippen molar-refractivity contribution in [2.75, 3.05) is 5.75 Å². The molecule has 0 radical (unpaired) electrons. The molecular formula is C39H34N4O5S. The molecule has 3 heterocycles. The summed E-state index contributed by atoms with van der Waals surface area (Å²) in [7, 11) is 0. The Morgan fingerprint density at radius 1 is 0.878 bits per heavy atom. The van der Waals surface area contributed by atoms with E-state index in [0.29, 0.717) is 29.3 Å². The van der Waals surface area contributed by atoms with Crippen LogP contribution in [-0.2, 0) is 22.6 Å². The van der Waals surface area contributed by atoms with E-state index in [1.807, 2.05) is 103 Å².